The summed E-state index contributed by atoms with van der Waals surface area (Å²) in [4.78, 5) is 10.4. The predicted molar refractivity (Wildman–Crippen MR) is 66.3 cm³/mol. The average molecular weight is 238 g/mol. The molecule has 0 aliphatic heterocycles. The minimum Gasteiger partial charge on any atom is -0.493 e. The molecule has 0 aliphatic rings. The Hall–Kier alpha value is -1.62. The van der Waals surface area contributed by atoms with E-state index in [1.165, 1.54) is 6.07 Å². The SMILES string of the molecule is Cc1cc([N+](=O)[O-])c(C)cc1OCC(C)CN. The first-order valence-corrected chi connectivity index (χ1v) is 5.54. The number of hydrogen-bond acceptors (Lipinski definition) is 4. The molecular weight excluding hydrogens is 220 g/mol. The second-order valence-corrected chi connectivity index (χ2v) is 4.31. The van der Waals surface area contributed by atoms with Gasteiger partial charge in [-0.1, -0.05) is 6.92 Å². The molecule has 0 aliphatic carbocycles. The van der Waals surface area contributed by atoms with Crippen LogP contribution in [0.2, 0.25) is 0 Å². The summed E-state index contributed by atoms with van der Waals surface area (Å²) in [5, 5.41) is 10.7. The third kappa shape index (κ3) is 3.42. The summed E-state index contributed by atoms with van der Waals surface area (Å²) in [6, 6.07) is 3.24. The van der Waals surface area contributed by atoms with E-state index in [4.69, 9.17) is 10.5 Å². The monoisotopic (exact) mass is 238 g/mol. The normalized spacial score (nSPS) is 12.2. The highest BCUT2D eigenvalue weighted by Crippen LogP contribution is 2.27. The van der Waals surface area contributed by atoms with Gasteiger partial charge in [0.15, 0.2) is 0 Å². The maximum absolute atomic E-state index is 10.7. The van der Waals surface area contributed by atoms with Crippen LogP contribution in [-0.4, -0.2) is 18.1 Å². The summed E-state index contributed by atoms with van der Waals surface area (Å²) in [6.07, 6.45) is 0. The Morgan fingerprint density at radius 2 is 2.06 bits per heavy atom. The third-order valence-electron chi connectivity index (χ3n) is 2.62. The van der Waals surface area contributed by atoms with Crippen molar-refractivity contribution in [2.24, 2.45) is 11.7 Å². The number of rotatable bonds is 5. The molecule has 94 valence electrons. The van der Waals surface area contributed by atoms with Crippen molar-refractivity contribution in [2.45, 2.75) is 20.8 Å². The zero-order valence-corrected chi connectivity index (χ0v) is 10.4. The van der Waals surface area contributed by atoms with E-state index in [-0.39, 0.29) is 16.5 Å². The third-order valence-corrected chi connectivity index (χ3v) is 2.62. The number of nitrogens with zero attached hydrogens (tertiary/aromatic N) is 1. The molecule has 1 rings (SSSR count). The predicted octanol–water partition coefficient (Wildman–Crippen LogP) is 2.19. The minimum atomic E-state index is -0.380. The van der Waals surface area contributed by atoms with Crippen molar-refractivity contribution < 1.29 is 9.66 Å². The molecule has 1 unspecified atom stereocenters. The first kappa shape index (κ1) is 13.4. The molecule has 0 fully saturated rings. The number of aryl methyl sites for hydroxylation is 2. The summed E-state index contributed by atoms with van der Waals surface area (Å²) in [6.45, 7) is 6.58. The van der Waals surface area contributed by atoms with Crippen molar-refractivity contribution in [1.82, 2.24) is 0 Å². The zero-order valence-electron chi connectivity index (χ0n) is 10.4. The summed E-state index contributed by atoms with van der Waals surface area (Å²) in [5.41, 5.74) is 7.00. The molecule has 0 heterocycles. The average Bonchev–Trinajstić information content (AvgIpc) is 2.28. The molecule has 2 N–H and O–H groups in total. The minimum absolute atomic E-state index is 0.127. The van der Waals surface area contributed by atoms with Gasteiger partial charge in [0.2, 0.25) is 0 Å². The van der Waals surface area contributed by atoms with Crippen molar-refractivity contribution in [3.8, 4) is 5.75 Å². The molecule has 1 aromatic rings. The van der Waals surface area contributed by atoms with E-state index < -0.39 is 0 Å². The number of benzene rings is 1. The molecule has 1 aromatic carbocycles. The van der Waals surface area contributed by atoms with Gasteiger partial charge >= 0.3 is 0 Å². The van der Waals surface area contributed by atoms with Crippen LogP contribution >= 0.6 is 0 Å². The van der Waals surface area contributed by atoms with Gasteiger partial charge in [-0.25, -0.2) is 0 Å². The van der Waals surface area contributed by atoms with Crippen LogP contribution in [0, 0.1) is 29.9 Å². The standard InChI is InChI=1S/C12H18N2O3/c1-8(6-13)7-17-12-5-9(2)11(14(15)16)4-10(12)3/h4-5,8H,6-7,13H2,1-3H3. The molecule has 0 saturated carbocycles. The van der Waals surface area contributed by atoms with Crippen LogP contribution in [0.15, 0.2) is 12.1 Å². The quantitative estimate of drug-likeness (QED) is 0.630. The Morgan fingerprint density at radius 3 is 2.59 bits per heavy atom. The number of ether oxygens (including phenoxy) is 1. The first-order valence-electron chi connectivity index (χ1n) is 5.54. The van der Waals surface area contributed by atoms with Crippen LogP contribution in [0.3, 0.4) is 0 Å². The van der Waals surface area contributed by atoms with Gasteiger partial charge in [0.05, 0.1) is 11.5 Å². The summed E-state index contributed by atoms with van der Waals surface area (Å²) >= 11 is 0. The van der Waals surface area contributed by atoms with Gasteiger partial charge in [-0.3, -0.25) is 10.1 Å². The summed E-state index contributed by atoms with van der Waals surface area (Å²) in [5.74, 6) is 0.957. The van der Waals surface area contributed by atoms with Crippen LogP contribution in [0.25, 0.3) is 0 Å². The van der Waals surface area contributed by atoms with E-state index in [1.54, 1.807) is 19.9 Å². The van der Waals surface area contributed by atoms with Crippen molar-refractivity contribution in [2.75, 3.05) is 13.2 Å². The van der Waals surface area contributed by atoms with E-state index in [2.05, 4.69) is 0 Å². The molecule has 0 bridgehead atoms. The smallest absolute Gasteiger partial charge is 0.272 e. The molecule has 0 aromatic heterocycles. The molecule has 0 spiro atoms. The lowest BCUT2D eigenvalue weighted by molar-refractivity contribution is -0.385. The summed E-state index contributed by atoms with van der Waals surface area (Å²) < 4.78 is 5.60. The van der Waals surface area contributed by atoms with Crippen LogP contribution in [-0.2, 0) is 0 Å². The topological polar surface area (TPSA) is 78.4 Å². The maximum atomic E-state index is 10.7. The Kier molecular flexibility index (Phi) is 4.45. The Bertz CT molecular complexity index is 418. The lowest BCUT2D eigenvalue weighted by atomic mass is 10.1. The lowest BCUT2D eigenvalue weighted by Gasteiger charge is -2.13. The Morgan fingerprint density at radius 1 is 1.41 bits per heavy atom. The fraction of sp³-hybridized carbons (Fsp3) is 0.500. The van der Waals surface area contributed by atoms with E-state index in [0.717, 1.165) is 5.56 Å². The van der Waals surface area contributed by atoms with Gasteiger partial charge in [-0.05, 0) is 32.0 Å². The van der Waals surface area contributed by atoms with Gasteiger partial charge < -0.3 is 10.5 Å². The van der Waals surface area contributed by atoms with E-state index in [9.17, 15) is 10.1 Å². The molecule has 17 heavy (non-hydrogen) atoms. The Balaban J connectivity index is 2.88. The van der Waals surface area contributed by atoms with Crippen molar-refractivity contribution in [3.05, 3.63) is 33.4 Å². The zero-order chi connectivity index (χ0) is 13.0. The van der Waals surface area contributed by atoms with Gasteiger partial charge in [0.25, 0.3) is 5.69 Å². The lowest BCUT2D eigenvalue weighted by Crippen LogP contribution is -2.18. The Labute approximate surface area is 101 Å². The molecular formula is C12H18N2O3. The van der Waals surface area contributed by atoms with Gasteiger partial charge in [-0.2, -0.15) is 0 Å². The second kappa shape index (κ2) is 5.63. The highest BCUT2D eigenvalue weighted by molar-refractivity contribution is 5.49. The molecule has 5 nitrogen and oxygen atoms in total. The van der Waals surface area contributed by atoms with Crippen LogP contribution in [0.1, 0.15) is 18.1 Å². The number of nitrogens with two attached hydrogens (primary N) is 1. The van der Waals surface area contributed by atoms with E-state index in [1.807, 2.05) is 6.92 Å². The van der Waals surface area contributed by atoms with Gasteiger partial charge in [0, 0.05) is 17.5 Å². The molecule has 0 radical (unpaired) electrons. The number of hydrogen-bond donors (Lipinski definition) is 1. The van der Waals surface area contributed by atoms with Crippen molar-refractivity contribution in [3.63, 3.8) is 0 Å². The first-order chi connectivity index (χ1) is 7.95. The molecule has 0 saturated heterocycles. The number of nitro groups is 1. The van der Waals surface area contributed by atoms with Crippen molar-refractivity contribution in [1.29, 1.82) is 0 Å². The van der Waals surface area contributed by atoms with Gasteiger partial charge in [-0.15, -0.1) is 0 Å². The van der Waals surface area contributed by atoms with Crippen LogP contribution < -0.4 is 10.5 Å². The maximum Gasteiger partial charge on any atom is 0.272 e. The molecule has 5 heteroatoms. The highest BCUT2D eigenvalue weighted by Gasteiger charge is 2.14. The highest BCUT2D eigenvalue weighted by atomic mass is 16.6. The fourth-order valence-corrected chi connectivity index (χ4v) is 1.43. The van der Waals surface area contributed by atoms with E-state index >= 15 is 0 Å². The van der Waals surface area contributed by atoms with Crippen molar-refractivity contribution >= 4 is 5.69 Å². The van der Waals surface area contributed by atoms with E-state index in [0.29, 0.717) is 24.5 Å². The second-order valence-electron chi connectivity index (χ2n) is 4.31. The van der Waals surface area contributed by atoms with Crippen LogP contribution in [0.4, 0.5) is 5.69 Å². The summed E-state index contributed by atoms with van der Waals surface area (Å²) in [7, 11) is 0. The van der Waals surface area contributed by atoms with Gasteiger partial charge in [0.1, 0.15) is 5.75 Å². The fourth-order valence-electron chi connectivity index (χ4n) is 1.43. The molecule has 0 amide bonds. The van der Waals surface area contributed by atoms with Crippen LogP contribution in [0.5, 0.6) is 5.75 Å². The molecule has 1 atom stereocenters. The largest absolute Gasteiger partial charge is 0.493 e. The number of nitro benzene ring substituents is 1.